The number of aliphatic imine (C=N–C) groups is 1. The number of rotatable bonds is 5. The lowest BCUT2D eigenvalue weighted by molar-refractivity contribution is 0.268. The lowest BCUT2D eigenvalue weighted by atomic mass is 10.1. The van der Waals surface area contributed by atoms with Crippen molar-refractivity contribution >= 4 is 22.8 Å². The summed E-state index contributed by atoms with van der Waals surface area (Å²) in [6.45, 7) is 6.57. The van der Waals surface area contributed by atoms with Crippen molar-refractivity contribution in [3.8, 4) is 0 Å². The molecule has 0 aliphatic carbocycles. The summed E-state index contributed by atoms with van der Waals surface area (Å²) >= 11 is 0. The fraction of sp³-hybridized carbons (Fsp3) is 0.318. The molecule has 6 nitrogen and oxygen atoms in total. The first-order valence-electron chi connectivity index (χ1n) is 9.80. The third kappa shape index (κ3) is 4.28. The molecule has 0 spiro atoms. The Bertz CT molecular complexity index is 983. The summed E-state index contributed by atoms with van der Waals surface area (Å²) < 4.78 is 0. The summed E-state index contributed by atoms with van der Waals surface area (Å²) in [6.07, 6.45) is 2.03. The molecule has 0 saturated heterocycles. The van der Waals surface area contributed by atoms with Gasteiger partial charge in [-0.25, -0.2) is 15.0 Å². The van der Waals surface area contributed by atoms with Crippen LogP contribution in [0.2, 0.25) is 0 Å². The van der Waals surface area contributed by atoms with Crippen LogP contribution in [-0.2, 0) is 12.8 Å². The van der Waals surface area contributed by atoms with Gasteiger partial charge in [0.05, 0.1) is 24.5 Å². The molecule has 1 aromatic heterocycles. The quantitative estimate of drug-likeness (QED) is 0.717. The third-order valence-electron chi connectivity index (χ3n) is 5.05. The first kappa shape index (κ1) is 18.4. The molecule has 1 aliphatic rings. The molecule has 144 valence electrons. The molecule has 2 N–H and O–H groups in total. The zero-order chi connectivity index (χ0) is 19.3. The minimum absolute atomic E-state index is 0.582. The molecule has 4 rings (SSSR count). The molecular weight excluding hydrogens is 348 g/mol. The zero-order valence-electron chi connectivity index (χ0n) is 16.4. The topological polar surface area (TPSA) is 65.4 Å². The van der Waals surface area contributed by atoms with Crippen molar-refractivity contribution in [1.82, 2.24) is 20.2 Å². The number of nitrogens with zero attached hydrogens (tertiary/aromatic N) is 4. The van der Waals surface area contributed by atoms with Crippen molar-refractivity contribution in [1.29, 1.82) is 0 Å². The van der Waals surface area contributed by atoms with Gasteiger partial charge in [-0.3, -0.25) is 10.2 Å². The van der Waals surface area contributed by atoms with Crippen LogP contribution in [0.4, 0.5) is 5.95 Å². The summed E-state index contributed by atoms with van der Waals surface area (Å²) in [6, 6.07) is 16.9. The highest BCUT2D eigenvalue weighted by atomic mass is 15.4. The van der Waals surface area contributed by atoms with E-state index in [-0.39, 0.29) is 0 Å². The van der Waals surface area contributed by atoms with Crippen LogP contribution < -0.4 is 10.6 Å². The van der Waals surface area contributed by atoms with E-state index in [0.717, 1.165) is 48.6 Å². The standard InChI is InChI=1S/C22H26N6/c1-3-17-9-10-20-19(13-17)16(2)25-22(26-20)27-21-23-14-28(15-24-21)12-11-18-7-5-4-6-8-18/h4-10,13H,3,11-12,14-15H2,1-2H3,(H2,23,24,25,26,27). The number of benzene rings is 2. The molecule has 0 fully saturated rings. The molecule has 1 aliphatic heterocycles. The molecule has 2 heterocycles. The molecule has 0 bridgehead atoms. The minimum atomic E-state index is 0.582. The average Bonchev–Trinajstić information content (AvgIpc) is 2.74. The highest BCUT2D eigenvalue weighted by Gasteiger charge is 2.13. The second kappa shape index (κ2) is 8.35. The number of hydrogen-bond donors (Lipinski definition) is 2. The predicted molar refractivity (Wildman–Crippen MR) is 114 cm³/mol. The van der Waals surface area contributed by atoms with Crippen LogP contribution >= 0.6 is 0 Å². The van der Waals surface area contributed by atoms with Gasteiger partial charge in [0.25, 0.3) is 0 Å². The van der Waals surface area contributed by atoms with Crippen molar-refractivity contribution in [2.24, 2.45) is 4.99 Å². The normalized spacial score (nSPS) is 14.6. The molecule has 0 saturated carbocycles. The Kier molecular flexibility index (Phi) is 5.48. The highest BCUT2D eigenvalue weighted by Crippen LogP contribution is 2.19. The van der Waals surface area contributed by atoms with Crippen LogP contribution in [0.15, 0.2) is 53.5 Å². The van der Waals surface area contributed by atoms with Crippen molar-refractivity contribution in [2.75, 3.05) is 25.2 Å². The lowest BCUT2D eigenvalue weighted by Crippen LogP contribution is -2.46. The van der Waals surface area contributed by atoms with Crippen molar-refractivity contribution < 1.29 is 0 Å². The maximum Gasteiger partial charge on any atom is 0.230 e. The molecule has 28 heavy (non-hydrogen) atoms. The SMILES string of the molecule is CCc1ccc2nc(NC3=NCN(CCc4ccccc4)CN3)nc(C)c2c1. The van der Waals surface area contributed by atoms with Gasteiger partial charge < -0.3 is 5.32 Å². The molecule has 0 unspecified atom stereocenters. The van der Waals surface area contributed by atoms with Gasteiger partial charge in [0.2, 0.25) is 11.9 Å². The van der Waals surface area contributed by atoms with Crippen LogP contribution in [0.1, 0.15) is 23.7 Å². The first-order chi connectivity index (χ1) is 13.7. The summed E-state index contributed by atoms with van der Waals surface area (Å²) in [5.74, 6) is 1.30. The van der Waals surface area contributed by atoms with Crippen LogP contribution in [0.5, 0.6) is 0 Å². The molecule has 2 aromatic carbocycles. The highest BCUT2D eigenvalue weighted by molar-refractivity contribution is 5.93. The van der Waals surface area contributed by atoms with Crippen molar-refractivity contribution in [2.45, 2.75) is 26.7 Å². The van der Waals surface area contributed by atoms with Gasteiger partial charge in [0.15, 0.2) is 0 Å². The molecule has 0 atom stereocenters. The van der Waals surface area contributed by atoms with Gasteiger partial charge in [0.1, 0.15) is 0 Å². The van der Waals surface area contributed by atoms with Crippen LogP contribution in [0.3, 0.4) is 0 Å². The van der Waals surface area contributed by atoms with Gasteiger partial charge in [-0.2, -0.15) is 0 Å². The number of aryl methyl sites for hydroxylation is 2. The van der Waals surface area contributed by atoms with Crippen LogP contribution in [-0.4, -0.2) is 40.7 Å². The fourth-order valence-corrected chi connectivity index (χ4v) is 3.34. The van der Waals surface area contributed by atoms with Gasteiger partial charge in [-0.05, 0) is 43.0 Å². The van der Waals surface area contributed by atoms with E-state index in [1.165, 1.54) is 11.1 Å². The number of fused-ring (bicyclic) bond motifs is 1. The van der Waals surface area contributed by atoms with Crippen molar-refractivity contribution in [3.63, 3.8) is 0 Å². The van der Waals surface area contributed by atoms with E-state index < -0.39 is 0 Å². The number of nitrogens with one attached hydrogen (secondary N) is 2. The Labute approximate surface area is 165 Å². The summed E-state index contributed by atoms with van der Waals surface area (Å²) in [4.78, 5) is 16.1. The van der Waals surface area contributed by atoms with E-state index in [9.17, 15) is 0 Å². The maximum absolute atomic E-state index is 4.64. The Morgan fingerprint density at radius 1 is 1.07 bits per heavy atom. The molecule has 6 heteroatoms. The average molecular weight is 374 g/mol. The van der Waals surface area contributed by atoms with Gasteiger partial charge >= 0.3 is 0 Å². The summed E-state index contributed by atoms with van der Waals surface area (Å²) in [5, 5.41) is 7.66. The van der Waals surface area contributed by atoms with E-state index in [2.05, 4.69) is 79.9 Å². The number of anilines is 1. The fourth-order valence-electron chi connectivity index (χ4n) is 3.34. The Balaban J connectivity index is 1.39. The van der Waals surface area contributed by atoms with Gasteiger partial charge in [0, 0.05) is 11.9 Å². The van der Waals surface area contributed by atoms with E-state index in [1.54, 1.807) is 0 Å². The largest absolute Gasteiger partial charge is 0.343 e. The number of hydrogen-bond acceptors (Lipinski definition) is 6. The number of guanidine groups is 1. The van der Waals surface area contributed by atoms with Crippen molar-refractivity contribution in [3.05, 3.63) is 65.4 Å². The summed E-state index contributed by atoms with van der Waals surface area (Å²) in [7, 11) is 0. The van der Waals surface area contributed by atoms with E-state index in [4.69, 9.17) is 0 Å². The first-order valence-corrected chi connectivity index (χ1v) is 9.80. The predicted octanol–water partition coefficient (Wildman–Crippen LogP) is 3.33. The molecule has 3 aromatic rings. The Morgan fingerprint density at radius 3 is 2.68 bits per heavy atom. The Morgan fingerprint density at radius 2 is 1.93 bits per heavy atom. The second-order valence-electron chi connectivity index (χ2n) is 7.08. The summed E-state index contributed by atoms with van der Waals surface area (Å²) in [5.41, 5.74) is 4.58. The maximum atomic E-state index is 4.64. The number of aromatic nitrogens is 2. The van der Waals surface area contributed by atoms with E-state index in [1.807, 2.05) is 13.0 Å². The minimum Gasteiger partial charge on any atom is -0.343 e. The monoisotopic (exact) mass is 374 g/mol. The second-order valence-corrected chi connectivity index (χ2v) is 7.08. The van der Waals surface area contributed by atoms with Crippen LogP contribution in [0, 0.1) is 6.92 Å². The molecular formula is C22H26N6. The molecule has 0 amide bonds. The molecule has 0 radical (unpaired) electrons. The zero-order valence-corrected chi connectivity index (χ0v) is 16.4. The van der Waals surface area contributed by atoms with E-state index in [0.29, 0.717) is 12.6 Å². The van der Waals surface area contributed by atoms with Crippen LogP contribution in [0.25, 0.3) is 10.9 Å². The van der Waals surface area contributed by atoms with E-state index >= 15 is 0 Å². The lowest BCUT2D eigenvalue weighted by Gasteiger charge is -2.26. The van der Waals surface area contributed by atoms with Gasteiger partial charge in [-0.15, -0.1) is 0 Å². The van der Waals surface area contributed by atoms with Gasteiger partial charge in [-0.1, -0.05) is 43.3 Å². The smallest absolute Gasteiger partial charge is 0.230 e. The Hall–Kier alpha value is -2.99. The third-order valence-corrected chi connectivity index (χ3v) is 5.05.